The molecule has 0 saturated carbocycles. The van der Waals surface area contributed by atoms with Gasteiger partial charge >= 0.3 is 0 Å². The van der Waals surface area contributed by atoms with Crippen LogP contribution >= 0.6 is 11.6 Å². The maximum absolute atomic E-state index is 6.41. The van der Waals surface area contributed by atoms with Crippen LogP contribution < -0.4 is 15.8 Å². The topological polar surface area (TPSA) is 78.0 Å². The van der Waals surface area contributed by atoms with Crippen molar-refractivity contribution < 1.29 is 4.74 Å². The van der Waals surface area contributed by atoms with Crippen LogP contribution in [-0.2, 0) is 0 Å². The summed E-state index contributed by atoms with van der Waals surface area (Å²) in [6.07, 6.45) is 0.750. The van der Waals surface area contributed by atoms with Crippen molar-refractivity contribution in [1.29, 1.82) is 0 Å². The third kappa shape index (κ3) is 2.78. The minimum atomic E-state index is -0.0570. The fourth-order valence-electron chi connectivity index (χ4n) is 3.36. The first-order valence-electron chi connectivity index (χ1n) is 8.03. The van der Waals surface area contributed by atoms with E-state index < -0.39 is 0 Å². The molecule has 2 heterocycles. The van der Waals surface area contributed by atoms with E-state index in [1.807, 2.05) is 53.2 Å². The van der Waals surface area contributed by atoms with E-state index in [1.165, 1.54) is 0 Å². The molecule has 0 fully saturated rings. The lowest BCUT2D eigenvalue weighted by molar-refractivity contribution is 0.380. The summed E-state index contributed by atoms with van der Waals surface area (Å²) in [5, 5.41) is 8.49. The zero-order chi connectivity index (χ0) is 17.4. The normalized spacial score (nSPS) is 19.1. The molecule has 1 aliphatic heterocycles. The molecule has 0 radical (unpaired) electrons. The van der Waals surface area contributed by atoms with E-state index in [0.717, 1.165) is 28.3 Å². The number of hydrogen-bond acceptors (Lipinski definition) is 5. The van der Waals surface area contributed by atoms with Crippen LogP contribution in [0.2, 0.25) is 5.02 Å². The van der Waals surface area contributed by atoms with Crippen LogP contribution in [0.4, 0.5) is 11.9 Å². The summed E-state index contributed by atoms with van der Waals surface area (Å²) in [6.45, 7) is 0. The van der Waals surface area contributed by atoms with Crippen molar-refractivity contribution in [1.82, 2.24) is 14.8 Å². The fraction of sp³-hybridized carbons (Fsp3) is 0.222. The molecule has 0 spiro atoms. The third-order valence-electron chi connectivity index (χ3n) is 4.48. The molecule has 0 saturated heterocycles. The van der Waals surface area contributed by atoms with Gasteiger partial charge in [0, 0.05) is 10.6 Å². The molecule has 6 nitrogen and oxygen atoms in total. The molecule has 3 N–H and O–H groups in total. The molecule has 0 aliphatic carbocycles. The Bertz CT molecular complexity index is 910. The molecule has 25 heavy (non-hydrogen) atoms. The van der Waals surface area contributed by atoms with Gasteiger partial charge in [-0.25, -0.2) is 4.68 Å². The molecule has 2 aromatic carbocycles. The van der Waals surface area contributed by atoms with Gasteiger partial charge in [0.15, 0.2) is 0 Å². The number of nitrogens with zero attached hydrogens (tertiary/aromatic N) is 3. The number of hydrogen-bond donors (Lipinski definition) is 2. The van der Waals surface area contributed by atoms with Crippen LogP contribution in [0.1, 0.15) is 29.6 Å². The van der Waals surface area contributed by atoms with E-state index in [4.69, 9.17) is 22.1 Å². The molecule has 0 bridgehead atoms. The number of fused-ring (bicyclic) bond motifs is 1. The van der Waals surface area contributed by atoms with E-state index in [1.54, 1.807) is 7.11 Å². The average molecular weight is 356 g/mol. The summed E-state index contributed by atoms with van der Waals surface area (Å²) in [5.74, 6) is 1.68. The molecule has 3 aromatic rings. The van der Waals surface area contributed by atoms with Gasteiger partial charge in [-0.05, 0) is 24.1 Å². The highest BCUT2D eigenvalue weighted by Crippen LogP contribution is 2.42. The summed E-state index contributed by atoms with van der Waals surface area (Å²) in [4.78, 5) is 4.32. The van der Waals surface area contributed by atoms with E-state index in [2.05, 4.69) is 15.4 Å². The lowest BCUT2D eigenvalue weighted by Crippen LogP contribution is -2.28. The van der Waals surface area contributed by atoms with Gasteiger partial charge < -0.3 is 15.8 Å². The van der Waals surface area contributed by atoms with Crippen molar-refractivity contribution >= 4 is 23.5 Å². The predicted octanol–water partition coefficient (Wildman–Crippen LogP) is 3.67. The molecule has 0 amide bonds. The van der Waals surface area contributed by atoms with Gasteiger partial charge in [-0.2, -0.15) is 4.98 Å². The van der Waals surface area contributed by atoms with Gasteiger partial charge in [0.05, 0.1) is 19.2 Å². The summed E-state index contributed by atoms with van der Waals surface area (Å²) in [7, 11) is 1.67. The Morgan fingerprint density at radius 2 is 1.88 bits per heavy atom. The first-order chi connectivity index (χ1) is 12.2. The number of halogens is 1. The second kappa shape index (κ2) is 6.29. The standard InChI is InChI=1S/C18H18ClN5O/c1-25-16-9-5-3-7-12(16)15-10-14(11-6-2-4-8-13(11)19)21-18-22-17(20)23-24(15)18/h2-9,14-15H,10H2,1H3,(H3,20,21,22,23)/t14-,15-/m0/s1. The van der Waals surface area contributed by atoms with Crippen LogP contribution in [0.25, 0.3) is 0 Å². The lowest BCUT2D eigenvalue weighted by Gasteiger charge is -2.32. The number of aromatic nitrogens is 3. The molecule has 128 valence electrons. The van der Waals surface area contributed by atoms with Gasteiger partial charge in [-0.1, -0.05) is 48.0 Å². The Hall–Kier alpha value is -2.73. The van der Waals surface area contributed by atoms with Gasteiger partial charge in [0.1, 0.15) is 5.75 Å². The van der Waals surface area contributed by atoms with Crippen molar-refractivity contribution in [2.75, 3.05) is 18.2 Å². The number of nitrogen functional groups attached to an aromatic ring is 1. The number of benzene rings is 2. The highest BCUT2D eigenvalue weighted by molar-refractivity contribution is 6.31. The number of rotatable bonds is 3. The predicted molar refractivity (Wildman–Crippen MR) is 98.0 cm³/mol. The number of methoxy groups -OCH3 is 1. The first-order valence-corrected chi connectivity index (χ1v) is 8.41. The Morgan fingerprint density at radius 1 is 1.16 bits per heavy atom. The van der Waals surface area contributed by atoms with Crippen LogP contribution in [-0.4, -0.2) is 21.9 Å². The smallest absolute Gasteiger partial charge is 0.241 e. The molecule has 7 heteroatoms. The Balaban J connectivity index is 1.81. The lowest BCUT2D eigenvalue weighted by atomic mass is 9.93. The van der Waals surface area contributed by atoms with E-state index in [-0.39, 0.29) is 18.0 Å². The van der Waals surface area contributed by atoms with Crippen LogP contribution in [0.5, 0.6) is 5.75 Å². The monoisotopic (exact) mass is 355 g/mol. The number of anilines is 2. The summed E-state index contributed by atoms with van der Waals surface area (Å²) in [5.41, 5.74) is 7.90. The summed E-state index contributed by atoms with van der Waals surface area (Å²) < 4.78 is 7.37. The first kappa shape index (κ1) is 15.8. The largest absolute Gasteiger partial charge is 0.496 e. The molecular formula is C18H18ClN5O. The highest BCUT2D eigenvalue weighted by Gasteiger charge is 2.33. The molecule has 4 rings (SSSR count). The van der Waals surface area contributed by atoms with E-state index >= 15 is 0 Å². The van der Waals surface area contributed by atoms with Gasteiger partial charge in [-0.15, -0.1) is 5.10 Å². The molecule has 2 atom stereocenters. The summed E-state index contributed by atoms with van der Waals surface area (Å²) >= 11 is 6.41. The van der Waals surface area contributed by atoms with Crippen molar-refractivity contribution in [2.45, 2.75) is 18.5 Å². The highest BCUT2D eigenvalue weighted by atomic mass is 35.5. The molecular weight excluding hydrogens is 338 g/mol. The van der Waals surface area contributed by atoms with E-state index in [0.29, 0.717) is 5.95 Å². The van der Waals surface area contributed by atoms with E-state index in [9.17, 15) is 0 Å². The number of nitrogens with one attached hydrogen (secondary N) is 1. The van der Waals surface area contributed by atoms with Crippen molar-refractivity contribution in [3.05, 3.63) is 64.7 Å². The van der Waals surface area contributed by atoms with Crippen LogP contribution in [0.15, 0.2) is 48.5 Å². The number of ether oxygens (including phenoxy) is 1. The number of nitrogens with two attached hydrogens (primary N) is 1. The van der Waals surface area contributed by atoms with Gasteiger partial charge in [-0.3, -0.25) is 0 Å². The fourth-order valence-corrected chi connectivity index (χ4v) is 3.62. The number of para-hydroxylation sites is 1. The second-order valence-electron chi connectivity index (χ2n) is 5.95. The molecule has 1 aromatic heterocycles. The minimum absolute atomic E-state index is 0.000266. The van der Waals surface area contributed by atoms with Crippen LogP contribution in [0, 0.1) is 0 Å². The van der Waals surface area contributed by atoms with Crippen molar-refractivity contribution in [3.63, 3.8) is 0 Å². The quantitative estimate of drug-likeness (QED) is 0.749. The average Bonchev–Trinajstić information content (AvgIpc) is 3.01. The third-order valence-corrected chi connectivity index (χ3v) is 4.83. The van der Waals surface area contributed by atoms with Crippen molar-refractivity contribution in [3.8, 4) is 5.75 Å². The Labute approximate surface area is 150 Å². The Kier molecular flexibility index (Phi) is 3.97. The van der Waals surface area contributed by atoms with Crippen molar-refractivity contribution in [2.24, 2.45) is 0 Å². The van der Waals surface area contributed by atoms with Crippen LogP contribution in [0.3, 0.4) is 0 Å². The zero-order valence-electron chi connectivity index (χ0n) is 13.7. The summed E-state index contributed by atoms with van der Waals surface area (Å²) in [6, 6.07) is 15.7. The SMILES string of the molecule is COc1ccccc1[C@@H]1C[C@@H](c2ccccc2Cl)Nc2nc(N)nn21. The maximum atomic E-state index is 6.41. The maximum Gasteiger partial charge on any atom is 0.241 e. The zero-order valence-corrected chi connectivity index (χ0v) is 14.4. The molecule has 1 aliphatic rings. The Morgan fingerprint density at radius 3 is 2.64 bits per heavy atom. The van der Waals surface area contributed by atoms with Gasteiger partial charge in [0.25, 0.3) is 0 Å². The van der Waals surface area contributed by atoms with Gasteiger partial charge in [0.2, 0.25) is 11.9 Å². The second-order valence-corrected chi connectivity index (χ2v) is 6.36. The minimum Gasteiger partial charge on any atom is -0.496 e. The molecule has 0 unspecified atom stereocenters.